The first kappa shape index (κ1) is 21.6. The standard InChI is InChI=1S/C23H28N6O4/c1-23(2)32-15-17(33-23)14-31-21-11-20(29-7-9-30-10-8-29)26-22(27-21)28-25-13-16-12-24-19-6-4-3-5-18(16)19/h3-6,11-13,17,24H,7-10,14-15H2,1-2H3,(H,26,27,28)/b25-13+. The summed E-state index contributed by atoms with van der Waals surface area (Å²) in [6.45, 7) is 7.41. The first-order valence-corrected chi connectivity index (χ1v) is 11.1. The molecule has 174 valence electrons. The van der Waals surface area contributed by atoms with Gasteiger partial charge in [0.15, 0.2) is 5.79 Å². The molecule has 2 aliphatic heterocycles. The molecule has 3 aromatic rings. The normalized spacial score (nSPS) is 20.5. The summed E-state index contributed by atoms with van der Waals surface area (Å²) in [7, 11) is 0. The molecule has 2 aliphatic rings. The topological polar surface area (TPSA) is 106 Å². The molecule has 2 fully saturated rings. The van der Waals surface area contributed by atoms with Crippen LogP contribution in [0, 0.1) is 0 Å². The molecule has 2 N–H and O–H groups in total. The zero-order valence-electron chi connectivity index (χ0n) is 18.8. The van der Waals surface area contributed by atoms with Crippen molar-refractivity contribution in [1.82, 2.24) is 15.0 Å². The lowest BCUT2D eigenvalue weighted by Gasteiger charge is -2.28. The average molecular weight is 453 g/mol. The van der Waals surface area contributed by atoms with Gasteiger partial charge in [-0.15, -0.1) is 0 Å². The number of aromatic nitrogens is 3. The van der Waals surface area contributed by atoms with E-state index in [1.54, 1.807) is 6.21 Å². The second-order valence-corrected chi connectivity index (χ2v) is 8.41. The summed E-state index contributed by atoms with van der Waals surface area (Å²) >= 11 is 0. The lowest BCUT2D eigenvalue weighted by atomic mass is 10.2. The Morgan fingerprint density at radius 2 is 2.12 bits per heavy atom. The number of morpholine rings is 1. The third-order valence-electron chi connectivity index (χ3n) is 5.50. The van der Waals surface area contributed by atoms with Crippen LogP contribution >= 0.6 is 0 Å². The Labute approximate surface area is 191 Å². The summed E-state index contributed by atoms with van der Waals surface area (Å²) in [5.41, 5.74) is 4.98. The molecule has 0 bridgehead atoms. The minimum absolute atomic E-state index is 0.155. The largest absolute Gasteiger partial charge is 0.475 e. The highest BCUT2D eigenvalue weighted by Gasteiger charge is 2.33. The second-order valence-electron chi connectivity index (χ2n) is 8.41. The number of nitrogens with one attached hydrogen (secondary N) is 2. The van der Waals surface area contributed by atoms with E-state index in [0.29, 0.717) is 38.3 Å². The van der Waals surface area contributed by atoms with Crippen LogP contribution in [0.3, 0.4) is 0 Å². The van der Waals surface area contributed by atoms with Crippen molar-refractivity contribution in [3.63, 3.8) is 0 Å². The van der Waals surface area contributed by atoms with Gasteiger partial charge in [0.05, 0.1) is 26.0 Å². The van der Waals surface area contributed by atoms with Gasteiger partial charge in [0.25, 0.3) is 0 Å². The third-order valence-corrected chi connectivity index (χ3v) is 5.50. The molecule has 0 amide bonds. The Bertz CT molecular complexity index is 1130. The predicted molar refractivity (Wildman–Crippen MR) is 125 cm³/mol. The maximum atomic E-state index is 5.95. The number of hydrogen-bond donors (Lipinski definition) is 2. The van der Waals surface area contributed by atoms with Crippen molar-refractivity contribution in [2.75, 3.05) is 49.8 Å². The number of aromatic amines is 1. The van der Waals surface area contributed by atoms with Crippen LogP contribution in [0.4, 0.5) is 11.8 Å². The molecule has 10 heteroatoms. The summed E-state index contributed by atoms with van der Waals surface area (Å²) in [6.07, 6.45) is 3.51. The molecule has 4 heterocycles. The van der Waals surface area contributed by atoms with E-state index in [1.807, 2.05) is 50.4 Å². The van der Waals surface area contributed by atoms with E-state index in [2.05, 4.69) is 30.4 Å². The number of fused-ring (bicyclic) bond motifs is 1. The second kappa shape index (κ2) is 9.34. The number of rotatable bonds is 7. The zero-order valence-corrected chi connectivity index (χ0v) is 18.8. The summed E-state index contributed by atoms with van der Waals surface area (Å²) in [5, 5.41) is 5.45. The van der Waals surface area contributed by atoms with Crippen molar-refractivity contribution in [1.29, 1.82) is 0 Å². The van der Waals surface area contributed by atoms with Crippen molar-refractivity contribution in [3.05, 3.63) is 42.1 Å². The fourth-order valence-electron chi connectivity index (χ4n) is 3.88. The average Bonchev–Trinajstić information content (AvgIpc) is 3.41. The number of ether oxygens (including phenoxy) is 4. The van der Waals surface area contributed by atoms with E-state index in [9.17, 15) is 0 Å². The van der Waals surface area contributed by atoms with Gasteiger partial charge in [0, 0.05) is 41.8 Å². The number of nitrogens with zero attached hydrogens (tertiary/aromatic N) is 4. The molecule has 10 nitrogen and oxygen atoms in total. The van der Waals surface area contributed by atoms with E-state index < -0.39 is 5.79 Å². The van der Waals surface area contributed by atoms with Crippen molar-refractivity contribution in [2.24, 2.45) is 5.10 Å². The van der Waals surface area contributed by atoms with Crippen LogP contribution in [0.25, 0.3) is 10.9 Å². The molecular weight excluding hydrogens is 424 g/mol. The SMILES string of the molecule is CC1(C)OCC(COc2cc(N3CCOCC3)nc(N/N=C/c3c[nH]c4ccccc34)n2)O1. The molecule has 0 aliphatic carbocycles. The van der Waals surface area contributed by atoms with Crippen molar-refractivity contribution >= 4 is 28.9 Å². The van der Waals surface area contributed by atoms with E-state index in [0.717, 1.165) is 35.4 Å². The summed E-state index contributed by atoms with van der Waals surface area (Å²) in [5.74, 6) is 0.971. The van der Waals surface area contributed by atoms with Gasteiger partial charge in [-0.2, -0.15) is 15.1 Å². The maximum absolute atomic E-state index is 5.95. The van der Waals surface area contributed by atoms with Gasteiger partial charge in [-0.05, 0) is 19.9 Å². The van der Waals surface area contributed by atoms with Crippen LogP contribution < -0.4 is 15.1 Å². The zero-order chi connectivity index (χ0) is 22.7. The van der Waals surface area contributed by atoms with Crippen LogP contribution in [0.2, 0.25) is 0 Å². The minimum Gasteiger partial charge on any atom is -0.475 e. The molecule has 0 spiro atoms. The number of hydrogen-bond acceptors (Lipinski definition) is 9. The van der Waals surface area contributed by atoms with Gasteiger partial charge in [0.1, 0.15) is 18.5 Å². The molecule has 1 atom stereocenters. The van der Waals surface area contributed by atoms with Crippen LogP contribution in [0.5, 0.6) is 5.88 Å². The molecule has 1 unspecified atom stereocenters. The van der Waals surface area contributed by atoms with Crippen molar-refractivity contribution in [3.8, 4) is 5.88 Å². The Kier molecular flexibility index (Phi) is 6.12. The Morgan fingerprint density at radius 1 is 1.27 bits per heavy atom. The molecular formula is C23H28N6O4. The van der Waals surface area contributed by atoms with Gasteiger partial charge < -0.3 is 28.8 Å². The van der Waals surface area contributed by atoms with Crippen molar-refractivity contribution < 1.29 is 18.9 Å². The highest BCUT2D eigenvalue weighted by molar-refractivity contribution is 5.99. The molecule has 0 radical (unpaired) electrons. The third kappa shape index (κ3) is 5.24. The van der Waals surface area contributed by atoms with Gasteiger partial charge in [-0.3, -0.25) is 0 Å². The molecule has 1 aromatic carbocycles. The number of benzene rings is 1. The van der Waals surface area contributed by atoms with Gasteiger partial charge in [-0.25, -0.2) is 5.43 Å². The predicted octanol–water partition coefficient (Wildman–Crippen LogP) is 2.77. The molecule has 5 rings (SSSR count). The van der Waals surface area contributed by atoms with Crippen LogP contribution in [-0.4, -0.2) is 72.6 Å². The monoisotopic (exact) mass is 452 g/mol. The van der Waals surface area contributed by atoms with Crippen LogP contribution in [0.1, 0.15) is 19.4 Å². The Hall–Kier alpha value is -3.21. The number of hydrazone groups is 1. The lowest BCUT2D eigenvalue weighted by molar-refractivity contribution is -0.141. The number of H-pyrrole nitrogens is 1. The van der Waals surface area contributed by atoms with Gasteiger partial charge in [0.2, 0.25) is 11.8 Å². The molecule has 0 saturated carbocycles. The summed E-state index contributed by atoms with van der Waals surface area (Å²) in [4.78, 5) is 14.5. The number of para-hydroxylation sites is 1. The van der Waals surface area contributed by atoms with E-state index >= 15 is 0 Å². The van der Waals surface area contributed by atoms with E-state index in [4.69, 9.17) is 18.9 Å². The maximum Gasteiger partial charge on any atom is 0.248 e. The van der Waals surface area contributed by atoms with Gasteiger partial charge in [-0.1, -0.05) is 18.2 Å². The Balaban J connectivity index is 1.32. The van der Waals surface area contributed by atoms with Crippen LogP contribution in [0.15, 0.2) is 41.6 Å². The lowest BCUT2D eigenvalue weighted by Crippen LogP contribution is -2.37. The highest BCUT2D eigenvalue weighted by Crippen LogP contribution is 2.25. The fourth-order valence-corrected chi connectivity index (χ4v) is 3.88. The minimum atomic E-state index is -0.595. The van der Waals surface area contributed by atoms with E-state index in [1.165, 1.54) is 0 Å². The van der Waals surface area contributed by atoms with Crippen LogP contribution in [-0.2, 0) is 14.2 Å². The highest BCUT2D eigenvalue weighted by atomic mass is 16.7. The molecule has 2 aromatic heterocycles. The molecule has 33 heavy (non-hydrogen) atoms. The van der Waals surface area contributed by atoms with Gasteiger partial charge >= 0.3 is 0 Å². The molecule has 2 saturated heterocycles. The quantitative estimate of drug-likeness (QED) is 0.416. The summed E-state index contributed by atoms with van der Waals surface area (Å²) < 4.78 is 22.9. The van der Waals surface area contributed by atoms with E-state index in [-0.39, 0.29) is 6.10 Å². The number of anilines is 2. The first-order valence-electron chi connectivity index (χ1n) is 11.1. The fraction of sp³-hybridized carbons (Fsp3) is 0.435. The van der Waals surface area contributed by atoms with Crippen molar-refractivity contribution in [2.45, 2.75) is 25.7 Å². The first-order chi connectivity index (χ1) is 16.1. The summed E-state index contributed by atoms with van der Waals surface area (Å²) in [6, 6.07) is 9.90. The smallest absolute Gasteiger partial charge is 0.248 e. The Morgan fingerprint density at radius 3 is 2.94 bits per heavy atom.